The van der Waals surface area contributed by atoms with Gasteiger partial charge in [0.05, 0.1) is 15.6 Å². The minimum atomic E-state index is 0.398. The number of fused-ring (bicyclic) bond motifs is 1. The molecule has 1 atom stereocenters. The van der Waals surface area contributed by atoms with Crippen LogP contribution in [0.2, 0.25) is 4.34 Å². The Balaban J connectivity index is 1.78. The smallest absolute Gasteiger partial charge is 0.198 e. The predicted molar refractivity (Wildman–Crippen MR) is 118 cm³/mol. The summed E-state index contributed by atoms with van der Waals surface area (Å²) in [5.41, 5.74) is 5.16. The molecule has 5 nitrogen and oxygen atoms in total. The molecule has 1 saturated carbocycles. The van der Waals surface area contributed by atoms with E-state index < -0.39 is 0 Å². The van der Waals surface area contributed by atoms with Crippen molar-refractivity contribution in [1.29, 1.82) is 5.26 Å². The van der Waals surface area contributed by atoms with E-state index in [0.29, 0.717) is 23.0 Å². The van der Waals surface area contributed by atoms with E-state index in [-0.39, 0.29) is 0 Å². The molecule has 1 saturated heterocycles. The first kappa shape index (κ1) is 18.9. The molecule has 0 N–H and O–H groups in total. The van der Waals surface area contributed by atoms with Gasteiger partial charge >= 0.3 is 0 Å². The van der Waals surface area contributed by atoms with Crippen LogP contribution < -0.4 is 4.90 Å². The van der Waals surface area contributed by atoms with Gasteiger partial charge in [0.2, 0.25) is 0 Å². The summed E-state index contributed by atoms with van der Waals surface area (Å²) in [4.78, 5) is 10.5. The van der Waals surface area contributed by atoms with E-state index in [2.05, 4.69) is 30.0 Å². The Morgan fingerprint density at radius 3 is 2.69 bits per heavy atom. The van der Waals surface area contributed by atoms with Crippen molar-refractivity contribution in [3.63, 3.8) is 0 Å². The lowest BCUT2D eigenvalue weighted by Crippen LogP contribution is -2.31. The Bertz CT molecular complexity index is 1140. The third kappa shape index (κ3) is 3.13. The monoisotopic (exact) mass is 426 g/mol. The summed E-state index contributed by atoms with van der Waals surface area (Å²) in [6.45, 7) is 3.91. The van der Waals surface area contributed by atoms with Gasteiger partial charge < -0.3 is 14.2 Å². The molecular formula is C22H23ClN4OS. The molecule has 1 aromatic carbocycles. The van der Waals surface area contributed by atoms with Crippen molar-refractivity contribution in [3.05, 3.63) is 33.5 Å². The molecule has 0 spiro atoms. The summed E-state index contributed by atoms with van der Waals surface area (Å²) in [6, 6.07) is 6.85. The lowest BCUT2D eigenvalue weighted by Gasteiger charge is -2.25. The van der Waals surface area contributed by atoms with Crippen molar-refractivity contribution in [3.8, 4) is 16.5 Å². The van der Waals surface area contributed by atoms with Crippen LogP contribution in [0.3, 0.4) is 0 Å². The maximum absolute atomic E-state index is 9.95. The highest BCUT2D eigenvalue weighted by Gasteiger charge is 2.35. The van der Waals surface area contributed by atoms with Crippen LogP contribution in [0.15, 0.2) is 16.5 Å². The average Bonchev–Trinajstić information content (AvgIpc) is 3.07. The summed E-state index contributed by atoms with van der Waals surface area (Å²) in [7, 11) is 4.26. The molecule has 0 radical (unpaired) electrons. The van der Waals surface area contributed by atoms with E-state index in [4.69, 9.17) is 21.0 Å². The van der Waals surface area contributed by atoms with E-state index in [1.807, 2.05) is 19.1 Å². The van der Waals surface area contributed by atoms with Crippen LogP contribution >= 0.6 is 22.9 Å². The SMILES string of the molecule is Cc1c(-c2ccc(Cl)s2)c(N2CCC(N(C)C)C2)c2oc(C3CC3)nc2c1C#N. The first-order valence-corrected chi connectivity index (χ1v) is 11.2. The Morgan fingerprint density at radius 2 is 2.10 bits per heavy atom. The number of aromatic nitrogens is 1. The molecule has 5 rings (SSSR count). The number of rotatable bonds is 4. The first-order valence-electron chi connectivity index (χ1n) is 10.0. The Kier molecular flexibility index (Phi) is 4.58. The highest BCUT2D eigenvalue weighted by Crippen LogP contribution is 2.48. The fraction of sp³-hybridized carbons (Fsp3) is 0.455. The number of hydrogen-bond donors (Lipinski definition) is 0. The minimum Gasteiger partial charge on any atom is -0.438 e. The van der Waals surface area contributed by atoms with Crippen LogP contribution in [-0.2, 0) is 0 Å². The molecule has 0 amide bonds. The lowest BCUT2D eigenvalue weighted by molar-refractivity contribution is 0.315. The fourth-order valence-electron chi connectivity index (χ4n) is 4.32. The van der Waals surface area contributed by atoms with E-state index in [0.717, 1.165) is 69.9 Å². The molecule has 1 unspecified atom stereocenters. The molecule has 1 aliphatic carbocycles. The average molecular weight is 427 g/mol. The van der Waals surface area contributed by atoms with Gasteiger partial charge in [-0.15, -0.1) is 11.3 Å². The molecule has 7 heteroatoms. The van der Waals surface area contributed by atoms with Gasteiger partial charge in [0, 0.05) is 35.5 Å². The molecular weight excluding hydrogens is 404 g/mol. The van der Waals surface area contributed by atoms with Gasteiger partial charge in [0.25, 0.3) is 0 Å². The van der Waals surface area contributed by atoms with Gasteiger partial charge in [-0.2, -0.15) is 5.26 Å². The van der Waals surface area contributed by atoms with E-state index in [9.17, 15) is 5.26 Å². The van der Waals surface area contributed by atoms with Crippen molar-refractivity contribution < 1.29 is 4.42 Å². The van der Waals surface area contributed by atoms with Crippen molar-refractivity contribution in [2.45, 2.75) is 38.1 Å². The number of benzene rings is 1. The van der Waals surface area contributed by atoms with E-state index >= 15 is 0 Å². The maximum atomic E-state index is 9.95. The molecule has 3 heterocycles. The summed E-state index contributed by atoms with van der Waals surface area (Å²) < 4.78 is 7.10. The molecule has 1 aliphatic heterocycles. The molecule has 2 aliphatic rings. The van der Waals surface area contributed by atoms with E-state index in [1.165, 1.54) is 0 Å². The molecule has 3 aromatic rings. The van der Waals surface area contributed by atoms with Crippen molar-refractivity contribution in [2.75, 3.05) is 32.1 Å². The number of nitrogens with zero attached hydrogens (tertiary/aromatic N) is 4. The third-order valence-electron chi connectivity index (χ3n) is 6.15. The normalized spacial score (nSPS) is 19.4. The zero-order valence-corrected chi connectivity index (χ0v) is 18.4. The quantitative estimate of drug-likeness (QED) is 0.558. The number of likely N-dealkylation sites (N-methyl/N-ethyl adjacent to an activating group) is 1. The topological polar surface area (TPSA) is 56.3 Å². The highest BCUT2D eigenvalue weighted by atomic mass is 35.5. The first-order chi connectivity index (χ1) is 14.0. The Hall–Kier alpha value is -2.07. The van der Waals surface area contributed by atoms with Crippen LogP contribution in [0.1, 0.15) is 42.2 Å². The summed E-state index contributed by atoms with van der Waals surface area (Å²) >= 11 is 7.83. The third-order valence-corrected chi connectivity index (χ3v) is 7.40. The minimum absolute atomic E-state index is 0.398. The predicted octanol–water partition coefficient (Wildman–Crippen LogP) is 5.41. The summed E-state index contributed by atoms with van der Waals surface area (Å²) in [5, 5.41) is 9.95. The number of nitriles is 1. The number of anilines is 1. The number of oxazole rings is 1. The molecule has 2 fully saturated rings. The summed E-state index contributed by atoms with van der Waals surface area (Å²) in [5.74, 6) is 1.18. The Labute approximate surface area is 179 Å². The Morgan fingerprint density at radius 1 is 1.31 bits per heavy atom. The largest absolute Gasteiger partial charge is 0.438 e. The zero-order chi connectivity index (χ0) is 20.3. The molecule has 150 valence electrons. The van der Waals surface area contributed by atoms with Crippen LogP contribution in [0.4, 0.5) is 5.69 Å². The summed E-state index contributed by atoms with van der Waals surface area (Å²) in [6.07, 6.45) is 3.33. The van der Waals surface area contributed by atoms with Gasteiger partial charge in [-0.25, -0.2) is 4.98 Å². The van der Waals surface area contributed by atoms with Gasteiger partial charge in [-0.1, -0.05) is 11.6 Å². The van der Waals surface area contributed by atoms with Crippen molar-refractivity contribution in [2.24, 2.45) is 0 Å². The molecule has 2 aromatic heterocycles. The van der Waals surface area contributed by atoms with Crippen molar-refractivity contribution in [1.82, 2.24) is 9.88 Å². The number of halogens is 1. The van der Waals surface area contributed by atoms with Gasteiger partial charge in [-0.05, 0) is 58.0 Å². The number of hydrogen-bond acceptors (Lipinski definition) is 6. The second kappa shape index (κ2) is 7.02. The van der Waals surface area contributed by atoms with Crippen LogP contribution in [0.25, 0.3) is 21.5 Å². The number of thiophene rings is 1. The van der Waals surface area contributed by atoms with Gasteiger partial charge in [0.1, 0.15) is 11.6 Å². The van der Waals surface area contributed by atoms with Gasteiger partial charge in [0.15, 0.2) is 11.5 Å². The highest BCUT2D eigenvalue weighted by molar-refractivity contribution is 7.19. The lowest BCUT2D eigenvalue weighted by atomic mass is 9.97. The second-order valence-electron chi connectivity index (χ2n) is 8.30. The standard InChI is InChI=1S/C22H23ClN4OS/c1-12-15(10-24)19-21(28-22(25-19)13-4-5-13)20(18(12)16-6-7-17(23)29-16)27-9-8-14(11-27)26(2)3/h6-7,13-14H,4-5,8-9,11H2,1-3H3. The fourth-order valence-corrected chi connectivity index (χ4v) is 5.47. The van der Waals surface area contributed by atoms with E-state index in [1.54, 1.807) is 11.3 Å². The van der Waals surface area contributed by atoms with Crippen LogP contribution in [-0.4, -0.2) is 43.1 Å². The zero-order valence-electron chi connectivity index (χ0n) is 16.8. The second-order valence-corrected chi connectivity index (χ2v) is 10.0. The molecule has 0 bridgehead atoms. The van der Waals surface area contributed by atoms with Gasteiger partial charge in [-0.3, -0.25) is 0 Å². The maximum Gasteiger partial charge on any atom is 0.198 e. The van der Waals surface area contributed by atoms with Crippen molar-refractivity contribution >= 4 is 39.7 Å². The van der Waals surface area contributed by atoms with Crippen LogP contribution in [0, 0.1) is 18.3 Å². The van der Waals surface area contributed by atoms with Crippen LogP contribution in [0.5, 0.6) is 0 Å². The molecule has 29 heavy (non-hydrogen) atoms.